The summed E-state index contributed by atoms with van der Waals surface area (Å²) in [5.41, 5.74) is 4.48. The van der Waals surface area contributed by atoms with Crippen LogP contribution < -0.4 is 0 Å². The molecule has 0 aliphatic rings. The van der Waals surface area contributed by atoms with Crippen molar-refractivity contribution in [2.75, 3.05) is 0 Å². The van der Waals surface area contributed by atoms with Crippen LogP contribution in [0.2, 0.25) is 5.02 Å². The molecule has 0 bridgehead atoms. The predicted octanol–water partition coefficient (Wildman–Crippen LogP) is 5.02. The molecule has 0 saturated heterocycles. The third-order valence-corrected chi connectivity index (χ3v) is 5.96. The predicted molar refractivity (Wildman–Crippen MR) is 101 cm³/mol. The molecule has 0 spiro atoms. The van der Waals surface area contributed by atoms with Crippen LogP contribution in [0.15, 0.2) is 41.6 Å². The van der Waals surface area contributed by atoms with Crippen LogP contribution in [0.1, 0.15) is 30.2 Å². The molecule has 0 N–H and O–H groups in total. The van der Waals surface area contributed by atoms with Crippen LogP contribution in [-0.2, 0) is 23.1 Å². The van der Waals surface area contributed by atoms with Gasteiger partial charge in [0.1, 0.15) is 0 Å². The van der Waals surface area contributed by atoms with E-state index in [9.17, 15) is 4.21 Å². The molecule has 0 aliphatic carbocycles. The Morgan fingerprint density at radius 1 is 1.17 bits per heavy atom. The summed E-state index contributed by atoms with van der Waals surface area (Å²) in [6.45, 7) is 7.31. The Labute approximate surface area is 150 Å². The second kappa shape index (κ2) is 7.08. The minimum Gasteiger partial charge on any atom is -0.342 e. The molecule has 0 aliphatic heterocycles. The van der Waals surface area contributed by atoms with Crippen molar-refractivity contribution in [2.24, 2.45) is 0 Å². The van der Waals surface area contributed by atoms with Gasteiger partial charge < -0.3 is 4.57 Å². The SMILES string of the molecule is CCCn1c(C)c(C)c2ccnc(S(=O)Cc3ccc(Cl)cc3)c21. The molecule has 24 heavy (non-hydrogen) atoms. The van der Waals surface area contributed by atoms with E-state index in [2.05, 4.69) is 30.3 Å². The number of nitrogens with zero attached hydrogens (tertiary/aromatic N) is 2. The summed E-state index contributed by atoms with van der Waals surface area (Å²) in [4.78, 5) is 4.47. The van der Waals surface area contributed by atoms with Gasteiger partial charge in [0, 0.05) is 28.8 Å². The minimum atomic E-state index is -1.20. The van der Waals surface area contributed by atoms with Crippen LogP contribution >= 0.6 is 11.6 Å². The third-order valence-electron chi connectivity index (χ3n) is 4.39. The Hall–Kier alpha value is -1.65. The van der Waals surface area contributed by atoms with E-state index < -0.39 is 10.8 Å². The second-order valence-corrected chi connectivity index (χ2v) is 7.79. The molecule has 3 aromatic rings. The highest BCUT2D eigenvalue weighted by molar-refractivity contribution is 7.84. The van der Waals surface area contributed by atoms with Crippen molar-refractivity contribution in [3.8, 4) is 0 Å². The number of aromatic nitrogens is 2. The van der Waals surface area contributed by atoms with Crippen LogP contribution in [0.4, 0.5) is 0 Å². The number of rotatable bonds is 5. The van der Waals surface area contributed by atoms with E-state index in [1.54, 1.807) is 6.20 Å². The number of fused-ring (bicyclic) bond motifs is 1. The zero-order valence-electron chi connectivity index (χ0n) is 14.2. The van der Waals surface area contributed by atoms with Crippen molar-refractivity contribution in [3.63, 3.8) is 0 Å². The Morgan fingerprint density at radius 2 is 1.88 bits per heavy atom. The molecule has 0 amide bonds. The first-order chi connectivity index (χ1) is 11.5. The van der Waals surface area contributed by atoms with Gasteiger partial charge in [-0.3, -0.25) is 4.21 Å². The fourth-order valence-electron chi connectivity index (χ4n) is 3.03. The number of pyridine rings is 1. The van der Waals surface area contributed by atoms with Crippen LogP contribution in [0.25, 0.3) is 10.9 Å². The topological polar surface area (TPSA) is 34.9 Å². The molecule has 2 heterocycles. The second-order valence-electron chi connectivity index (χ2n) is 5.99. The summed E-state index contributed by atoms with van der Waals surface area (Å²) in [7, 11) is -1.20. The lowest BCUT2D eigenvalue weighted by molar-refractivity contribution is 0.668. The standard InChI is InChI=1S/C19H21ClN2OS/c1-4-11-22-14(3)13(2)17-9-10-21-19(18(17)22)24(23)12-15-5-7-16(20)8-6-15/h5-10H,4,11-12H2,1-3H3. The Kier molecular flexibility index (Phi) is 5.07. The van der Waals surface area contributed by atoms with Gasteiger partial charge in [-0.25, -0.2) is 4.98 Å². The maximum absolute atomic E-state index is 13.0. The lowest BCUT2D eigenvalue weighted by atomic mass is 10.2. The van der Waals surface area contributed by atoms with Crippen LogP contribution in [0, 0.1) is 13.8 Å². The van der Waals surface area contributed by atoms with Gasteiger partial charge in [-0.15, -0.1) is 0 Å². The van der Waals surface area contributed by atoms with Crippen molar-refractivity contribution in [3.05, 3.63) is 58.4 Å². The van der Waals surface area contributed by atoms with Crippen molar-refractivity contribution >= 4 is 33.3 Å². The highest BCUT2D eigenvalue weighted by Gasteiger charge is 2.18. The highest BCUT2D eigenvalue weighted by atomic mass is 35.5. The quantitative estimate of drug-likeness (QED) is 0.640. The maximum atomic E-state index is 13.0. The largest absolute Gasteiger partial charge is 0.342 e. The molecule has 126 valence electrons. The van der Waals surface area contributed by atoms with Crippen LogP contribution in [-0.4, -0.2) is 13.8 Å². The van der Waals surface area contributed by atoms with Crippen LogP contribution in [0.5, 0.6) is 0 Å². The average molecular weight is 361 g/mol. The zero-order chi connectivity index (χ0) is 17.3. The first-order valence-corrected chi connectivity index (χ1v) is 9.79. The lowest BCUT2D eigenvalue weighted by Crippen LogP contribution is -2.05. The molecule has 1 atom stereocenters. The van der Waals surface area contributed by atoms with Gasteiger partial charge in [0.15, 0.2) is 5.03 Å². The van der Waals surface area contributed by atoms with Crippen LogP contribution in [0.3, 0.4) is 0 Å². The Bertz CT molecular complexity index is 900. The molecule has 3 rings (SSSR count). The molecule has 0 radical (unpaired) electrons. The Balaban J connectivity index is 2.06. The number of aryl methyl sites for hydroxylation is 2. The molecule has 2 aromatic heterocycles. The van der Waals surface area contributed by atoms with Gasteiger partial charge in [0.2, 0.25) is 0 Å². The minimum absolute atomic E-state index is 0.443. The lowest BCUT2D eigenvalue weighted by Gasteiger charge is -2.10. The summed E-state index contributed by atoms with van der Waals surface area (Å²) in [5.74, 6) is 0.443. The first-order valence-electron chi connectivity index (χ1n) is 8.10. The van der Waals surface area contributed by atoms with E-state index in [1.165, 1.54) is 11.3 Å². The monoisotopic (exact) mass is 360 g/mol. The third kappa shape index (κ3) is 3.13. The highest BCUT2D eigenvalue weighted by Crippen LogP contribution is 2.29. The van der Waals surface area contributed by atoms with Crippen molar-refractivity contribution in [1.82, 2.24) is 9.55 Å². The van der Waals surface area contributed by atoms with E-state index in [1.807, 2.05) is 30.3 Å². The fourth-order valence-corrected chi connectivity index (χ4v) is 4.41. The molecule has 5 heteroatoms. The Morgan fingerprint density at radius 3 is 2.54 bits per heavy atom. The van der Waals surface area contributed by atoms with Gasteiger partial charge in [0.05, 0.1) is 22.1 Å². The van der Waals surface area contributed by atoms with E-state index in [0.717, 1.165) is 29.4 Å². The van der Waals surface area contributed by atoms with Gasteiger partial charge >= 0.3 is 0 Å². The van der Waals surface area contributed by atoms with E-state index >= 15 is 0 Å². The molecular weight excluding hydrogens is 340 g/mol. The molecule has 0 fully saturated rings. The zero-order valence-corrected chi connectivity index (χ0v) is 15.7. The molecular formula is C19H21ClN2OS. The summed E-state index contributed by atoms with van der Waals surface area (Å²) in [6.07, 6.45) is 2.79. The summed E-state index contributed by atoms with van der Waals surface area (Å²) >= 11 is 5.93. The molecule has 3 nitrogen and oxygen atoms in total. The number of benzene rings is 1. The first kappa shape index (κ1) is 17.2. The summed E-state index contributed by atoms with van der Waals surface area (Å²) in [6, 6.07) is 9.52. The van der Waals surface area contributed by atoms with E-state index in [0.29, 0.717) is 15.8 Å². The molecule has 1 unspecified atom stereocenters. The van der Waals surface area contributed by atoms with Gasteiger partial charge in [-0.2, -0.15) is 0 Å². The number of halogens is 1. The van der Waals surface area contributed by atoms with Crippen molar-refractivity contribution in [2.45, 2.75) is 44.5 Å². The number of hydrogen-bond donors (Lipinski definition) is 0. The van der Waals surface area contributed by atoms with Crippen molar-refractivity contribution < 1.29 is 4.21 Å². The summed E-state index contributed by atoms with van der Waals surface area (Å²) in [5, 5.41) is 2.51. The number of hydrogen-bond acceptors (Lipinski definition) is 2. The van der Waals surface area contributed by atoms with Gasteiger partial charge in [0.25, 0.3) is 0 Å². The fraction of sp³-hybridized carbons (Fsp3) is 0.316. The maximum Gasteiger partial charge on any atom is 0.151 e. The van der Waals surface area contributed by atoms with Gasteiger partial charge in [-0.05, 0) is 49.6 Å². The average Bonchev–Trinajstić information content (AvgIpc) is 2.82. The van der Waals surface area contributed by atoms with Gasteiger partial charge in [-0.1, -0.05) is 30.7 Å². The van der Waals surface area contributed by atoms with E-state index in [-0.39, 0.29) is 0 Å². The smallest absolute Gasteiger partial charge is 0.151 e. The molecule has 0 saturated carbocycles. The van der Waals surface area contributed by atoms with E-state index in [4.69, 9.17) is 11.6 Å². The normalized spacial score (nSPS) is 12.7. The van der Waals surface area contributed by atoms with Crippen molar-refractivity contribution in [1.29, 1.82) is 0 Å². The molecule has 1 aromatic carbocycles. The summed E-state index contributed by atoms with van der Waals surface area (Å²) < 4.78 is 15.2.